The van der Waals surface area contributed by atoms with Crippen LogP contribution in [0.2, 0.25) is 18.1 Å². The molecule has 3 aromatic carbocycles. The molecule has 5 rings (SSSR count). The van der Waals surface area contributed by atoms with E-state index in [0.29, 0.717) is 22.5 Å². The van der Waals surface area contributed by atoms with Gasteiger partial charge < -0.3 is 0 Å². The molecule has 2 amide bonds. The van der Waals surface area contributed by atoms with Crippen molar-refractivity contribution in [1.82, 2.24) is 9.96 Å². The molecule has 11 heteroatoms. The van der Waals surface area contributed by atoms with Crippen molar-refractivity contribution in [2.24, 2.45) is 0 Å². The molecule has 0 N–H and O–H groups in total. The van der Waals surface area contributed by atoms with Crippen LogP contribution in [0.3, 0.4) is 0 Å². The number of carbonyl (C=O) groups is 1. The maximum absolute atomic E-state index is 14.4. The molecule has 0 unspecified atom stereocenters. The van der Waals surface area contributed by atoms with Gasteiger partial charge in [0, 0.05) is 0 Å². The number of amides is 2. The fourth-order valence-corrected chi connectivity index (χ4v) is 14.6. The zero-order chi connectivity index (χ0) is 33.4. The zero-order valence-electron chi connectivity index (χ0n) is 27.7. The molecule has 246 valence electrons. The molecule has 46 heavy (non-hydrogen) atoms. The second-order valence-electron chi connectivity index (χ2n) is 13.5. The normalized spacial score (nSPS) is 20.1. The van der Waals surface area contributed by atoms with Gasteiger partial charge in [0.05, 0.1) is 0 Å². The number of urea groups is 1. The molecule has 1 fully saturated rings. The molecule has 2 aliphatic rings. The number of rotatable bonds is 11. The van der Waals surface area contributed by atoms with Gasteiger partial charge in [-0.2, -0.15) is 0 Å². The first kappa shape index (κ1) is 34.2. The Bertz CT molecular complexity index is 1630. The first-order valence-electron chi connectivity index (χ1n) is 15.6. The summed E-state index contributed by atoms with van der Waals surface area (Å²) in [5.74, 6) is 1.86. The maximum atomic E-state index is 14.4. The van der Waals surface area contributed by atoms with E-state index in [2.05, 4.69) is 33.9 Å². The van der Waals surface area contributed by atoms with Gasteiger partial charge in [-0.15, -0.1) is 0 Å². The minimum absolute atomic E-state index is 0.00779. The van der Waals surface area contributed by atoms with Crippen LogP contribution in [0, 0.1) is 0 Å². The van der Waals surface area contributed by atoms with Crippen molar-refractivity contribution >= 4 is 47.5 Å². The Kier molecular flexibility index (Phi) is 9.29. The van der Waals surface area contributed by atoms with Gasteiger partial charge in [0.1, 0.15) is 0 Å². The number of carbonyl (C=O) groups excluding carboxylic acids is 1. The van der Waals surface area contributed by atoms with Gasteiger partial charge in [-0.1, -0.05) is 0 Å². The molecule has 0 saturated carbocycles. The summed E-state index contributed by atoms with van der Waals surface area (Å²) in [6.07, 6.45) is 3.80. The van der Waals surface area contributed by atoms with Crippen LogP contribution in [-0.4, -0.2) is 58.0 Å². The summed E-state index contributed by atoms with van der Waals surface area (Å²) in [6, 6.07) is 26.6. The SMILES string of the molecule is C/C=C/P(OS(=O)(=O)ON1C(=O)N2C[C@H]1C(C)=C[C@H]2CO[Si](C)(C)C(C)(C)C)(c1ccccc1)(c1ccccc1)c1ccccc1. The number of nitrogens with zero attached hydrogens (tertiary/aromatic N) is 2. The number of benzene rings is 3. The number of fused-ring (bicyclic) bond motifs is 2. The summed E-state index contributed by atoms with van der Waals surface area (Å²) in [5.41, 5.74) is 0.834. The summed E-state index contributed by atoms with van der Waals surface area (Å²) >= 11 is 0. The van der Waals surface area contributed by atoms with E-state index in [1.807, 2.05) is 123 Å². The third-order valence-corrected chi connectivity index (χ3v) is 21.2. The van der Waals surface area contributed by atoms with E-state index < -0.39 is 37.6 Å². The van der Waals surface area contributed by atoms with E-state index in [0.717, 1.165) is 10.6 Å². The van der Waals surface area contributed by atoms with E-state index in [1.54, 1.807) is 4.90 Å². The van der Waals surface area contributed by atoms with Crippen molar-refractivity contribution in [2.45, 2.75) is 64.8 Å². The van der Waals surface area contributed by atoms with E-state index in [4.69, 9.17) is 12.7 Å². The first-order valence-corrected chi connectivity index (χ1v) is 22.0. The predicted octanol–water partition coefficient (Wildman–Crippen LogP) is 6.61. The fraction of sp³-hybridized carbons (Fsp3) is 0.343. The molecule has 2 atom stereocenters. The Morgan fingerprint density at radius 3 is 1.80 bits per heavy atom. The van der Waals surface area contributed by atoms with Gasteiger partial charge in [-0.25, -0.2) is 0 Å². The van der Waals surface area contributed by atoms with E-state index in [-0.39, 0.29) is 17.6 Å². The quantitative estimate of drug-likeness (QED) is 0.129. The molecule has 3 aromatic rings. The summed E-state index contributed by atoms with van der Waals surface area (Å²) < 4.78 is 47.6. The molecule has 0 radical (unpaired) electrons. The third kappa shape index (κ3) is 5.91. The average Bonchev–Trinajstić information content (AvgIpc) is 3.30. The molecule has 2 heterocycles. The zero-order valence-corrected chi connectivity index (χ0v) is 30.4. The molecule has 1 saturated heterocycles. The van der Waals surface area contributed by atoms with Crippen LogP contribution < -0.4 is 15.9 Å². The Morgan fingerprint density at radius 2 is 1.37 bits per heavy atom. The Labute approximate surface area is 275 Å². The Hall–Kier alpha value is -3.11. The number of allylic oxidation sites excluding steroid dienone is 1. The number of hydrogen-bond donors (Lipinski definition) is 0. The molecule has 0 spiro atoms. The summed E-state index contributed by atoms with van der Waals surface area (Å²) in [4.78, 5) is 15.5. The summed E-state index contributed by atoms with van der Waals surface area (Å²) in [5, 5.41) is 2.98. The molecule has 0 aromatic heterocycles. The molecule has 0 aliphatic carbocycles. The van der Waals surface area contributed by atoms with E-state index >= 15 is 0 Å². The second-order valence-corrected chi connectivity index (χ2v) is 23.9. The van der Waals surface area contributed by atoms with Crippen LogP contribution in [0.4, 0.5) is 4.79 Å². The summed E-state index contributed by atoms with van der Waals surface area (Å²) in [7, 11) is -6.97. The first-order chi connectivity index (χ1) is 21.6. The average molecular weight is 681 g/mol. The monoisotopic (exact) mass is 680 g/mol. The predicted molar refractivity (Wildman–Crippen MR) is 189 cm³/mol. The van der Waals surface area contributed by atoms with Gasteiger partial charge >= 0.3 is 276 Å². The number of hydroxylamine groups is 2. The number of hydrogen-bond acceptors (Lipinski definition) is 6. The van der Waals surface area contributed by atoms with Crippen LogP contribution in [-0.2, 0) is 23.1 Å². The molecule has 2 bridgehead atoms. The van der Waals surface area contributed by atoms with E-state index in [9.17, 15) is 13.2 Å². The summed E-state index contributed by atoms with van der Waals surface area (Å²) in [6.45, 7) is 10.8. The third-order valence-electron chi connectivity index (χ3n) is 9.55. The molecular weight excluding hydrogens is 636 g/mol. The van der Waals surface area contributed by atoms with Gasteiger partial charge in [0.2, 0.25) is 0 Å². The topological polar surface area (TPSA) is 85.4 Å². The van der Waals surface area contributed by atoms with Gasteiger partial charge in [-0.05, 0) is 0 Å². The van der Waals surface area contributed by atoms with Crippen molar-refractivity contribution in [3.8, 4) is 0 Å². The van der Waals surface area contributed by atoms with Crippen LogP contribution in [0.25, 0.3) is 0 Å². The fourth-order valence-electron chi connectivity index (χ4n) is 6.06. The molecular formula is C35H45N2O6PSSi. The van der Waals surface area contributed by atoms with Crippen LogP contribution in [0.15, 0.2) is 115 Å². The van der Waals surface area contributed by atoms with Crippen molar-refractivity contribution in [3.05, 3.63) is 115 Å². The second kappa shape index (κ2) is 12.5. The van der Waals surface area contributed by atoms with Crippen LogP contribution in [0.1, 0.15) is 34.6 Å². The van der Waals surface area contributed by atoms with Crippen LogP contribution >= 0.6 is 6.83 Å². The molecule has 2 aliphatic heterocycles. The Morgan fingerprint density at radius 1 is 0.891 bits per heavy atom. The van der Waals surface area contributed by atoms with Gasteiger partial charge in [0.15, 0.2) is 0 Å². The minimum atomic E-state index is -4.88. The standard InChI is InChI=1S/C35H45N2O6PSSi/c1-8-24-44(30-18-12-9-13-19-30,31-20-14-10-15-21-31,32-22-16-11-17-23-32)43-45(39,40)42-37-33-26-36(34(37)38)29(25-28(33)2)27-41-46(6,7)35(3,4)5/h8-25,29,33H,26-27H2,1-7H3/b24-8+/t29-,33-/m0/s1. The van der Waals surface area contributed by atoms with Gasteiger partial charge in [0.25, 0.3) is 0 Å². The van der Waals surface area contributed by atoms with Crippen molar-refractivity contribution in [2.75, 3.05) is 13.2 Å². The van der Waals surface area contributed by atoms with Crippen LogP contribution in [0.5, 0.6) is 0 Å². The molecule has 8 nitrogen and oxygen atoms in total. The van der Waals surface area contributed by atoms with Crippen molar-refractivity contribution in [1.29, 1.82) is 0 Å². The van der Waals surface area contributed by atoms with E-state index in [1.165, 1.54) is 0 Å². The Balaban J connectivity index is 1.56. The van der Waals surface area contributed by atoms with Crippen molar-refractivity contribution in [3.63, 3.8) is 0 Å². The van der Waals surface area contributed by atoms with Gasteiger partial charge in [-0.3, -0.25) is 0 Å². The van der Waals surface area contributed by atoms with Crippen molar-refractivity contribution < 1.29 is 25.9 Å².